The van der Waals surface area contributed by atoms with Gasteiger partial charge < -0.3 is 15.5 Å². The maximum atomic E-state index is 5.95. The van der Waals surface area contributed by atoms with Crippen molar-refractivity contribution in [2.24, 2.45) is 11.1 Å². The van der Waals surface area contributed by atoms with E-state index in [4.69, 9.17) is 5.73 Å². The maximum absolute atomic E-state index is 5.95. The molecule has 0 aromatic carbocycles. The summed E-state index contributed by atoms with van der Waals surface area (Å²) in [5, 5.41) is 0. The summed E-state index contributed by atoms with van der Waals surface area (Å²) < 4.78 is 0. The first-order valence-corrected chi connectivity index (χ1v) is 7.43. The second-order valence-electron chi connectivity index (χ2n) is 6.48. The molecule has 4 heteroatoms. The lowest BCUT2D eigenvalue weighted by atomic mass is 9.68. The van der Waals surface area contributed by atoms with Crippen LogP contribution >= 0.6 is 0 Å². The average Bonchev–Trinajstić information content (AvgIpc) is 2.33. The molecule has 2 N–H and O–H groups in total. The van der Waals surface area contributed by atoms with Crippen LogP contribution in [-0.4, -0.2) is 81.2 Å². The van der Waals surface area contributed by atoms with Gasteiger partial charge in [-0.1, -0.05) is 6.42 Å². The van der Waals surface area contributed by atoms with Crippen LogP contribution in [0.5, 0.6) is 0 Å². The van der Waals surface area contributed by atoms with Gasteiger partial charge in [0.05, 0.1) is 0 Å². The van der Waals surface area contributed by atoms with E-state index in [9.17, 15) is 0 Å². The van der Waals surface area contributed by atoms with Gasteiger partial charge in [0, 0.05) is 45.8 Å². The van der Waals surface area contributed by atoms with Gasteiger partial charge in [0.15, 0.2) is 0 Å². The van der Waals surface area contributed by atoms with Gasteiger partial charge in [-0.05, 0) is 38.9 Å². The number of likely N-dealkylation sites (N-methyl/N-ethyl adjacent to an activating group) is 1. The zero-order valence-electron chi connectivity index (χ0n) is 12.2. The van der Waals surface area contributed by atoms with E-state index in [0.29, 0.717) is 5.41 Å². The molecule has 4 nitrogen and oxygen atoms in total. The Labute approximate surface area is 112 Å². The van der Waals surface area contributed by atoms with Crippen molar-refractivity contribution in [3.05, 3.63) is 0 Å². The lowest BCUT2D eigenvalue weighted by molar-refractivity contribution is 0.0424. The lowest BCUT2D eigenvalue weighted by Crippen LogP contribution is -2.53. The molecule has 18 heavy (non-hydrogen) atoms. The van der Waals surface area contributed by atoms with Gasteiger partial charge in [-0.25, -0.2) is 0 Å². The van der Waals surface area contributed by atoms with Crippen molar-refractivity contribution >= 4 is 0 Å². The second-order valence-corrected chi connectivity index (χ2v) is 6.48. The Morgan fingerprint density at radius 1 is 1.06 bits per heavy atom. The van der Waals surface area contributed by atoms with E-state index in [1.807, 2.05) is 0 Å². The summed E-state index contributed by atoms with van der Waals surface area (Å²) in [6.07, 6.45) is 4.09. The normalized spacial score (nSPS) is 25.3. The highest BCUT2D eigenvalue weighted by Gasteiger charge is 2.37. The highest BCUT2D eigenvalue weighted by molar-refractivity contribution is 4.92. The predicted molar refractivity (Wildman–Crippen MR) is 76.8 cm³/mol. The SMILES string of the molecule is CN(C)CCN1CCN(CC2(CN)CCC2)CC1. The Balaban J connectivity index is 1.67. The van der Waals surface area contributed by atoms with E-state index in [2.05, 4.69) is 28.8 Å². The lowest BCUT2D eigenvalue weighted by Gasteiger charge is -2.46. The van der Waals surface area contributed by atoms with Crippen molar-refractivity contribution in [2.75, 3.05) is 66.5 Å². The van der Waals surface area contributed by atoms with Crippen molar-refractivity contribution in [1.29, 1.82) is 0 Å². The summed E-state index contributed by atoms with van der Waals surface area (Å²) in [5.74, 6) is 0. The number of piperazine rings is 1. The molecule has 1 aliphatic heterocycles. The molecule has 0 spiro atoms. The third kappa shape index (κ3) is 3.67. The Hall–Kier alpha value is -0.160. The quantitative estimate of drug-likeness (QED) is 0.739. The maximum Gasteiger partial charge on any atom is 0.0110 e. The minimum Gasteiger partial charge on any atom is -0.330 e. The molecule has 1 saturated carbocycles. The van der Waals surface area contributed by atoms with Crippen LogP contribution < -0.4 is 5.73 Å². The Morgan fingerprint density at radius 3 is 2.11 bits per heavy atom. The minimum atomic E-state index is 0.478. The van der Waals surface area contributed by atoms with Crippen molar-refractivity contribution in [2.45, 2.75) is 19.3 Å². The highest BCUT2D eigenvalue weighted by Crippen LogP contribution is 2.40. The van der Waals surface area contributed by atoms with Gasteiger partial charge >= 0.3 is 0 Å². The minimum absolute atomic E-state index is 0.478. The average molecular weight is 254 g/mol. The summed E-state index contributed by atoms with van der Waals surface area (Å²) in [4.78, 5) is 7.49. The smallest absolute Gasteiger partial charge is 0.0110 e. The number of rotatable bonds is 6. The van der Waals surface area contributed by atoms with Crippen LogP contribution in [0.15, 0.2) is 0 Å². The molecule has 1 saturated heterocycles. The van der Waals surface area contributed by atoms with Crippen LogP contribution in [-0.2, 0) is 0 Å². The van der Waals surface area contributed by atoms with Crippen molar-refractivity contribution < 1.29 is 0 Å². The highest BCUT2D eigenvalue weighted by atomic mass is 15.3. The van der Waals surface area contributed by atoms with Gasteiger partial charge in [0.1, 0.15) is 0 Å². The van der Waals surface area contributed by atoms with Crippen molar-refractivity contribution in [3.8, 4) is 0 Å². The number of nitrogens with zero attached hydrogens (tertiary/aromatic N) is 3. The van der Waals surface area contributed by atoms with Crippen LogP contribution in [0.25, 0.3) is 0 Å². The van der Waals surface area contributed by atoms with E-state index in [1.165, 1.54) is 65.1 Å². The predicted octanol–water partition coefficient (Wildman–Crippen LogP) is 0.295. The number of nitrogens with two attached hydrogens (primary N) is 1. The molecule has 0 aromatic heterocycles. The first kappa shape index (κ1) is 14.3. The molecule has 0 aromatic rings. The summed E-state index contributed by atoms with van der Waals surface area (Å²) in [5.41, 5.74) is 6.43. The van der Waals surface area contributed by atoms with Crippen LogP contribution in [0.2, 0.25) is 0 Å². The van der Waals surface area contributed by atoms with Gasteiger partial charge in [0.2, 0.25) is 0 Å². The van der Waals surface area contributed by atoms with Crippen LogP contribution in [0.4, 0.5) is 0 Å². The molecule has 0 atom stereocenters. The van der Waals surface area contributed by atoms with Crippen LogP contribution in [0.3, 0.4) is 0 Å². The molecule has 2 rings (SSSR count). The standard InChI is InChI=1S/C14H30N4/c1-16(2)6-7-17-8-10-18(11-9-17)13-14(12-15)4-3-5-14/h3-13,15H2,1-2H3. The monoisotopic (exact) mass is 254 g/mol. The molecule has 1 heterocycles. The van der Waals surface area contributed by atoms with Crippen molar-refractivity contribution in [1.82, 2.24) is 14.7 Å². The molecule has 2 aliphatic rings. The molecule has 1 aliphatic carbocycles. The summed E-state index contributed by atoms with van der Waals surface area (Å²) in [6, 6.07) is 0. The summed E-state index contributed by atoms with van der Waals surface area (Å²) in [7, 11) is 4.30. The van der Waals surface area contributed by atoms with E-state index in [-0.39, 0.29) is 0 Å². The van der Waals surface area contributed by atoms with Gasteiger partial charge in [0.25, 0.3) is 0 Å². The summed E-state index contributed by atoms with van der Waals surface area (Å²) in [6.45, 7) is 9.43. The largest absolute Gasteiger partial charge is 0.330 e. The Bertz CT molecular complexity index is 237. The summed E-state index contributed by atoms with van der Waals surface area (Å²) >= 11 is 0. The van der Waals surface area contributed by atoms with E-state index in [1.54, 1.807) is 0 Å². The van der Waals surface area contributed by atoms with Crippen molar-refractivity contribution in [3.63, 3.8) is 0 Å². The number of hydrogen-bond donors (Lipinski definition) is 1. The molecular weight excluding hydrogens is 224 g/mol. The second kappa shape index (κ2) is 6.33. The van der Waals surface area contributed by atoms with Gasteiger partial charge in [-0.15, -0.1) is 0 Å². The van der Waals surface area contributed by atoms with Crippen LogP contribution in [0.1, 0.15) is 19.3 Å². The molecule has 0 unspecified atom stereocenters. The fraction of sp³-hybridized carbons (Fsp3) is 1.00. The number of hydrogen-bond acceptors (Lipinski definition) is 4. The Kier molecular flexibility index (Phi) is 5.01. The Morgan fingerprint density at radius 2 is 1.67 bits per heavy atom. The van der Waals surface area contributed by atoms with E-state index < -0.39 is 0 Å². The fourth-order valence-electron chi connectivity index (χ4n) is 3.09. The first-order valence-electron chi connectivity index (χ1n) is 7.43. The molecule has 106 valence electrons. The topological polar surface area (TPSA) is 35.7 Å². The third-order valence-electron chi connectivity index (χ3n) is 4.73. The zero-order chi connectivity index (χ0) is 13.0. The van der Waals surface area contributed by atoms with E-state index >= 15 is 0 Å². The molecule has 2 fully saturated rings. The fourth-order valence-corrected chi connectivity index (χ4v) is 3.09. The van der Waals surface area contributed by atoms with Gasteiger partial charge in [-0.3, -0.25) is 4.90 Å². The first-order chi connectivity index (χ1) is 8.63. The molecule has 0 amide bonds. The van der Waals surface area contributed by atoms with Gasteiger partial charge in [-0.2, -0.15) is 0 Å². The zero-order valence-corrected chi connectivity index (χ0v) is 12.2. The van der Waals surface area contributed by atoms with Crippen LogP contribution in [0, 0.1) is 5.41 Å². The third-order valence-corrected chi connectivity index (χ3v) is 4.73. The molecular formula is C14H30N4. The molecule has 0 bridgehead atoms. The molecule has 0 radical (unpaired) electrons. The van der Waals surface area contributed by atoms with E-state index in [0.717, 1.165) is 6.54 Å².